The molecule has 1 unspecified atom stereocenters. The van der Waals surface area contributed by atoms with Gasteiger partial charge in [-0.25, -0.2) is 9.97 Å². The van der Waals surface area contributed by atoms with Crippen LogP contribution in [0.1, 0.15) is 24.1 Å². The van der Waals surface area contributed by atoms with Crippen LogP contribution in [0, 0.1) is 17.0 Å². The number of nitrogens with zero attached hydrogens (tertiary/aromatic N) is 3. The number of nitro groups is 1. The van der Waals surface area contributed by atoms with Gasteiger partial charge in [-0.05, 0) is 26.3 Å². The molecule has 2 aromatic carbocycles. The van der Waals surface area contributed by atoms with Crippen LogP contribution >= 0.6 is 0 Å². The Kier molecular flexibility index (Phi) is 6.11. The van der Waals surface area contributed by atoms with Crippen LogP contribution in [0.4, 0.5) is 5.69 Å². The average molecular weight is 403 g/mol. The predicted octanol–water partition coefficient (Wildman–Crippen LogP) is 3.87. The maximum absolute atomic E-state index is 11.3. The normalized spacial score (nSPS) is 16.0. The van der Waals surface area contributed by atoms with Gasteiger partial charge in [0.05, 0.1) is 10.6 Å². The molecule has 4 rings (SSSR count). The number of hydrogen-bond acceptors (Lipinski definition) is 6. The summed E-state index contributed by atoms with van der Waals surface area (Å²) in [4.78, 5) is 20.5. The Morgan fingerprint density at radius 2 is 1.93 bits per heavy atom. The van der Waals surface area contributed by atoms with Gasteiger partial charge in [0.25, 0.3) is 5.69 Å². The van der Waals surface area contributed by atoms with Crippen LogP contribution in [0.25, 0.3) is 22.6 Å². The summed E-state index contributed by atoms with van der Waals surface area (Å²) in [5.74, 6) is 0.621. The number of nitro benzene ring substituents is 1. The Balaban J connectivity index is 1.72. The van der Waals surface area contributed by atoms with Crippen molar-refractivity contribution in [3.63, 3.8) is 0 Å². The van der Waals surface area contributed by atoms with E-state index in [9.17, 15) is 10.1 Å². The second-order valence-electron chi connectivity index (χ2n) is 7.56. The number of aromatic nitrogens is 2. The number of rotatable bonds is 7. The third-order valence-electron chi connectivity index (χ3n) is 5.43. The number of benzene rings is 2. The molecule has 1 atom stereocenters. The quantitative estimate of drug-likeness (QED) is 0.460. The minimum absolute atomic E-state index is 0.0547. The summed E-state index contributed by atoms with van der Waals surface area (Å²) in [6.45, 7) is 4.52. The summed E-state index contributed by atoms with van der Waals surface area (Å²) in [6, 6.07) is 16.9. The maximum atomic E-state index is 11.3. The smallest absolute Gasteiger partial charge is 0.270 e. The summed E-state index contributed by atoms with van der Waals surface area (Å²) in [6.07, 6.45) is 2.38. The van der Waals surface area contributed by atoms with Gasteiger partial charge in [0.15, 0.2) is 5.82 Å². The van der Waals surface area contributed by atoms with Crippen LogP contribution in [0.5, 0.6) is 0 Å². The van der Waals surface area contributed by atoms with Gasteiger partial charge in [-0.3, -0.25) is 10.1 Å². The minimum Gasteiger partial charge on any atom is -0.313 e. The molecule has 0 aliphatic carbocycles. The van der Waals surface area contributed by atoms with Gasteiger partial charge in [-0.15, -0.1) is 0 Å². The van der Waals surface area contributed by atoms with Gasteiger partial charge in [-0.1, -0.05) is 42.5 Å². The highest BCUT2D eigenvalue weighted by Gasteiger charge is 2.18. The van der Waals surface area contributed by atoms with E-state index in [0.717, 1.165) is 41.2 Å². The Morgan fingerprint density at radius 1 is 1.13 bits per heavy atom. The van der Waals surface area contributed by atoms with Crippen molar-refractivity contribution in [1.29, 1.82) is 0 Å². The highest BCUT2D eigenvalue weighted by atomic mass is 16.6. The molecule has 0 radical (unpaired) electrons. The van der Waals surface area contributed by atoms with E-state index in [4.69, 9.17) is 9.97 Å². The fraction of sp³-hybridized carbons (Fsp3) is 0.304. The highest BCUT2D eigenvalue weighted by Crippen LogP contribution is 2.29. The standard InChI is InChI=1S/C23H25N5O2/c1-16-21(15-24-14-19-10-6-12-25-19)22(18-9-5-11-20(13-18)28(29)30)27-23(26-16)17-7-3-2-4-8-17/h2-5,7-9,11,13,19,24-25H,6,10,12,14-15H2,1H3. The minimum atomic E-state index is -0.376. The van der Waals surface area contributed by atoms with Crippen molar-refractivity contribution in [2.45, 2.75) is 32.4 Å². The molecular weight excluding hydrogens is 378 g/mol. The molecule has 0 spiro atoms. The van der Waals surface area contributed by atoms with Crippen LogP contribution in [0.15, 0.2) is 54.6 Å². The average Bonchev–Trinajstić information content (AvgIpc) is 3.29. The lowest BCUT2D eigenvalue weighted by molar-refractivity contribution is -0.384. The van der Waals surface area contributed by atoms with Gasteiger partial charge in [0.2, 0.25) is 0 Å². The summed E-state index contributed by atoms with van der Waals surface area (Å²) in [7, 11) is 0. The van der Waals surface area contributed by atoms with E-state index in [0.29, 0.717) is 18.4 Å². The maximum Gasteiger partial charge on any atom is 0.270 e. The van der Waals surface area contributed by atoms with Crippen LogP contribution < -0.4 is 10.6 Å². The van der Waals surface area contributed by atoms with Crippen LogP contribution in [0.2, 0.25) is 0 Å². The zero-order valence-corrected chi connectivity index (χ0v) is 17.0. The first-order chi connectivity index (χ1) is 14.6. The first-order valence-corrected chi connectivity index (χ1v) is 10.2. The molecular formula is C23H25N5O2. The Morgan fingerprint density at radius 3 is 2.67 bits per heavy atom. The van der Waals surface area contributed by atoms with Gasteiger partial charge >= 0.3 is 0 Å². The molecule has 1 aromatic heterocycles. The van der Waals surface area contributed by atoms with Crippen molar-refractivity contribution >= 4 is 5.69 Å². The molecule has 30 heavy (non-hydrogen) atoms. The van der Waals surface area contributed by atoms with Crippen molar-refractivity contribution in [3.8, 4) is 22.6 Å². The van der Waals surface area contributed by atoms with Gasteiger partial charge in [0.1, 0.15) is 0 Å². The zero-order chi connectivity index (χ0) is 20.9. The van der Waals surface area contributed by atoms with Crippen molar-refractivity contribution < 1.29 is 4.92 Å². The Hall–Kier alpha value is -3.16. The van der Waals surface area contributed by atoms with Crippen molar-refractivity contribution in [2.75, 3.05) is 13.1 Å². The first kappa shape index (κ1) is 20.1. The fourth-order valence-corrected chi connectivity index (χ4v) is 3.83. The summed E-state index contributed by atoms with van der Waals surface area (Å²) in [5, 5.41) is 18.3. The highest BCUT2D eigenvalue weighted by molar-refractivity contribution is 5.69. The van der Waals surface area contributed by atoms with E-state index in [1.54, 1.807) is 12.1 Å². The van der Waals surface area contributed by atoms with Crippen LogP contribution in [-0.2, 0) is 6.54 Å². The second-order valence-corrected chi connectivity index (χ2v) is 7.56. The SMILES string of the molecule is Cc1nc(-c2ccccc2)nc(-c2cccc([N+](=O)[O-])c2)c1CNCC1CCCN1. The molecule has 1 aliphatic rings. The largest absolute Gasteiger partial charge is 0.313 e. The molecule has 2 heterocycles. The molecule has 7 nitrogen and oxygen atoms in total. The van der Waals surface area contributed by atoms with E-state index < -0.39 is 0 Å². The second kappa shape index (κ2) is 9.11. The third-order valence-corrected chi connectivity index (χ3v) is 5.43. The number of hydrogen-bond donors (Lipinski definition) is 2. The molecule has 0 bridgehead atoms. The van der Waals surface area contributed by atoms with Crippen LogP contribution in [0.3, 0.4) is 0 Å². The molecule has 3 aromatic rings. The number of aryl methyl sites for hydroxylation is 1. The molecule has 0 amide bonds. The monoisotopic (exact) mass is 403 g/mol. The summed E-state index contributed by atoms with van der Waals surface area (Å²) < 4.78 is 0. The molecule has 0 saturated carbocycles. The Labute approximate surface area is 175 Å². The summed E-state index contributed by atoms with van der Waals surface area (Å²) >= 11 is 0. The van der Waals surface area contributed by atoms with Gasteiger partial charge in [0, 0.05) is 53.6 Å². The van der Waals surface area contributed by atoms with E-state index in [1.807, 2.05) is 43.3 Å². The van der Waals surface area contributed by atoms with Crippen molar-refractivity contribution in [1.82, 2.24) is 20.6 Å². The lowest BCUT2D eigenvalue weighted by atomic mass is 10.0. The summed E-state index contributed by atoms with van der Waals surface area (Å²) in [5.41, 5.74) is 4.27. The topological polar surface area (TPSA) is 93.0 Å². The van der Waals surface area contributed by atoms with Crippen LogP contribution in [-0.4, -0.2) is 34.0 Å². The van der Waals surface area contributed by atoms with E-state index in [2.05, 4.69) is 10.6 Å². The third kappa shape index (κ3) is 4.53. The molecule has 7 heteroatoms. The first-order valence-electron chi connectivity index (χ1n) is 10.2. The van der Waals surface area contributed by atoms with Gasteiger partial charge in [-0.2, -0.15) is 0 Å². The van der Waals surface area contributed by atoms with E-state index in [1.165, 1.54) is 18.9 Å². The van der Waals surface area contributed by atoms with Crippen molar-refractivity contribution in [2.24, 2.45) is 0 Å². The van der Waals surface area contributed by atoms with E-state index in [-0.39, 0.29) is 10.6 Å². The van der Waals surface area contributed by atoms with Gasteiger partial charge < -0.3 is 10.6 Å². The molecule has 2 N–H and O–H groups in total. The molecule has 1 aliphatic heterocycles. The number of non-ortho nitro benzene ring substituents is 1. The molecule has 1 saturated heterocycles. The zero-order valence-electron chi connectivity index (χ0n) is 17.0. The lowest BCUT2D eigenvalue weighted by Crippen LogP contribution is -2.33. The molecule has 154 valence electrons. The lowest BCUT2D eigenvalue weighted by Gasteiger charge is -2.16. The predicted molar refractivity (Wildman–Crippen MR) is 117 cm³/mol. The fourth-order valence-electron chi connectivity index (χ4n) is 3.83. The molecule has 1 fully saturated rings. The Bertz CT molecular complexity index is 1030. The van der Waals surface area contributed by atoms with Crippen molar-refractivity contribution in [3.05, 3.63) is 76.0 Å². The number of nitrogens with one attached hydrogen (secondary N) is 2. The van der Waals surface area contributed by atoms with E-state index >= 15 is 0 Å².